The molecule has 1 N–H and O–H groups in total. The summed E-state index contributed by atoms with van der Waals surface area (Å²) in [6.07, 6.45) is 2.47. The van der Waals surface area contributed by atoms with Gasteiger partial charge in [-0.1, -0.05) is 12.5 Å². The first kappa shape index (κ1) is 14.4. The third kappa shape index (κ3) is 2.14. The Hall–Kier alpha value is -1.49. The molecule has 1 aliphatic carbocycles. The van der Waals surface area contributed by atoms with E-state index in [-0.39, 0.29) is 11.5 Å². The van der Waals surface area contributed by atoms with Crippen LogP contribution in [0.1, 0.15) is 37.8 Å². The number of hydrogen-bond acceptors (Lipinski definition) is 2. The number of rotatable bonds is 3. The van der Waals surface area contributed by atoms with Crippen molar-refractivity contribution >= 4 is 5.97 Å². The summed E-state index contributed by atoms with van der Waals surface area (Å²) in [4.78, 5) is 13.6. The summed E-state index contributed by atoms with van der Waals surface area (Å²) in [5, 5.41) is 9.58. The van der Waals surface area contributed by atoms with Gasteiger partial charge in [0.15, 0.2) is 0 Å². The molecule has 0 amide bonds. The summed E-state index contributed by atoms with van der Waals surface area (Å²) >= 11 is 0. The van der Waals surface area contributed by atoms with Crippen LogP contribution in [-0.4, -0.2) is 29.1 Å². The van der Waals surface area contributed by atoms with Gasteiger partial charge in [0.2, 0.25) is 0 Å². The average Bonchev–Trinajstić information content (AvgIpc) is 2.95. The van der Waals surface area contributed by atoms with Crippen molar-refractivity contribution in [3.63, 3.8) is 0 Å². The van der Waals surface area contributed by atoms with Crippen LogP contribution in [0.3, 0.4) is 0 Å². The highest BCUT2D eigenvalue weighted by atomic mass is 19.1. The van der Waals surface area contributed by atoms with Crippen LogP contribution < -0.4 is 0 Å². The second-order valence-corrected chi connectivity index (χ2v) is 6.29. The molecule has 3 atom stereocenters. The van der Waals surface area contributed by atoms with Gasteiger partial charge in [0.1, 0.15) is 11.6 Å². The normalized spacial score (nSPS) is 30.3. The third-order valence-corrected chi connectivity index (χ3v) is 5.29. The van der Waals surface area contributed by atoms with Gasteiger partial charge in [0, 0.05) is 24.7 Å². The molecule has 1 heterocycles. The Morgan fingerprint density at radius 3 is 2.67 bits per heavy atom. The first-order valence-corrected chi connectivity index (χ1v) is 7.37. The van der Waals surface area contributed by atoms with Crippen molar-refractivity contribution in [2.45, 2.75) is 32.2 Å². The molecule has 3 rings (SSSR count). The van der Waals surface area contributed by atoms with Crippen LogP contribution in [-0.2, 0) is 4.79 Å². The number of halogens is 2. The largest absolute Gasteiger partial charge is 0.481 e. The lowest BCUT2D eigenvalue weighted by Crippen LogP contribution is -2.36. The molecule has 1 aliphatic heterocycles. The monoisotopic (exact) mass is 295 g/mol. The van der Waals surface area contributed by atoms with Crippen molar-refractivity contribution in [1.82, 2.24) is 4.90 Å². The highest BCUT2D eigenvalue weighted by molar-refractivity contribution is 5.76. The zero-order valence-corrected chi connectivity index (χ0v) is 12.0. The van der Waals surface area contributed by atoms with Crippen molar-refractivity contribution in [1.29, 1.82) is 0 Å². The van der Waals surface area contributed by atoms with E-state index in [1.165, 1.54) is 18.2 Å². The van der Waals surface area contributed by atoms with Crippen LogP contribution in [0.15, 0.2) is 18.2 Å². The summed E-state index contributed by atoms with van der Waals surface area (Å²) < 4.78 is 27.8. The number of fused-ring (bicyclic) bond motifs is 1. The molecule has 0 bridgehead atoms. The SMILES string of the molecule is CC(c1c(F)cccc1F)N1C[C@@H]2CCC[C@@]2(C(=O)O)C1. The average molecular weight is 295 g/mol. The van der Waals surface area contributed by atoms with Crippen molar-refractivity contribution in [3.8, 4) is 0 Å². The van der Waals surface area contributed by atoms with Gasteiger partial charge >= 0.3 is 5.97 Å². The smallest absolute Gasteiger partial charge is 0.311 e. The van der Waals surface area contributed by atoms with Crippen LogP contribution in [0.4, 0.5) is 8.78 Å². The minimum atomic E-state index is -0.770. The maximum absolute atomic E-state index is 13.9. The molecular formula is C16H19F2NO2. The van der Waals surface area contributed by atoms with Gasteiger partial charge in [0.05, 0.1) is 5.41 Å². The van der Waals surface area contributed by atoms with E-state index < -0.39 is 29.1 Å². The van der Waals surface area contributed by atoms with E-state index in [2.05, 4.69) is 0 Å². The van der Waals surface area contributed by atoms with E-state index in [9.17, 15) is 18.7 Å². The molecule has 1 aromatic carbocycles. The standard InChI is InChI=1S/C16H19F2NO2/c1-10(14-12(17)5-2-6-13(14)18)19-8-11-4-3-7-16(11,9-19)15(20)21/h2,5-6,10-11H,3-4,7-9H2,1H3,(H,20,21)/t10?,11-,16+/m0/s1. The molecule has 0 spiro atoms. The van der Waals surface area contributed by atoms with E-state index in [0.29, 0.717) is 19.5 Å². The van der Waals surface area contributed by atoms with Crippen LogP contribution >= 0.6 is 0 Å². The first-order valence-electron chi connectivity index (χ1n) is 7.37. The van der Waals surface area contributed by atoms with Gasteiger partial charge in [0.25, 0.3) is 0 Å². The Kier molecular flexibility index (Phi) is 3.48. The molecular weight excluding hydrogens is 276 g/mol. The number of hydrogen-bond donors (Lipinski definition) is 1. The minimum absolute atomic E-state index is 0.0398. The second kappa shape index (κ2) is 5.05. The van der Waals surface area contributed by atoms with Crippen LogP contribution in [0.2, 0.25) is 0 Å². The molecule has 114 valence electrons. The van der Waals surface area contributed by atoms with Gasteiger partial charge < -0.3 is 5.11 Å². The Balaban J connectivity index is 1.88. The Morgan fingerprint density at radius 2 is 2.10 bits per heavy atom. The first-order chi connectivity index (χ1) is 9.95. The van der Waals surface area contributed by atoms with Gasteiger partial charge in [-0.05, 0) is 37.8 Å². The number of carbonyl (C=O) groups is 1. The van der Waals surface area contributed by atoms with Crippen molar-refractivity contribution in [3.05, 3.63) is 35.4 Å². The molecule has 3 nitrogen and oxygen atoms in total. The number of likely N-dealkylation sites (tertiary alicyclic amines) is 1. The summed E-state index contributed by atoms with van der Waals surface area (Å²) in [5.74, 6) is -1.81. The van der Waals surface area contributed by atoms with Crippen molar-refractivity contribution in [2.24, 2.45) is 11.3 Å². The van der Waals surface area contributed by atoms with E-state index >= 15 is 0 Å². The van der Waals surface area contributed by atoms with E-state index in [1.807, 2.05) is 4.90 Å². The molecule has 5 heteroatoms. The lowest BCUT2D eigenvalue weighted by Gasteiger charge is -2.28. The second-order valence-electron chi connectivity index (χ2n) is 6.29. The van der Waals surface area contributed by atoms with Gasteiger partial charge in [-0.2, -0.15) is 0 Å². The molecule has 0 radical (unpaired) electrons. The summed E-state index contributed by atoms with van der Waals surface area (Å²) in [5.41, 5.74) is -0.686. The number of carboxylic acids is 1. The topological polar surface area (TPSA) is 40.5 Å². The Labute approximate surface area is 122 Å². The van der Waals surface area contributed by atoms with Crippen LogP contribution in [0.5, 0.6) is 0 Å². The molecule has 1 unspecified atom stereocenters. The quantitative estimate of drug-likeness (QED) is 0.931. The fraction of sp³-hybridized carbons (Fsp3) is 0.562. The summed E-state index contributed by atoms with van der Waals surface area (Å²) in [6, 6.07) is 3.39. The molecule has 1 saturated heterocycles. The molecule has 0 aromatic heterocycles. The summed E-state index contributed by atoms with van der Waals surface area (Å²) in [7, 11) is 0. The van der Waals surface area contributed by atoms with Crippen molar-refractivity contribution in [2.75, 3.05) is 13.1 Å². The van der Waals surface area contributed by atoms with Gasteiger partial charge in [-0.3, -0.25) is 9.69 Å². The van der Waals surface area contributed by atoms with E-state index in [4.69, 9.17) is 0 Å². The highest BCUT2D eigenvalue weighted by Crippen LogP contribution is 2.50. The van der Waals surface area contributed by atoms with E-state index in [0.717, 1.165) is 12.8 Å². The Bertz CT molecular complexity index is 557. The predicted octanol–water partition coefficient (Wildman–Crippen LogP) is 3.21. The molecule has 21 heavy (non-hydrogen) atoms. The number of aliphatic carboxylic acids is 1. The number of benzene rings is 1. The molecule has 2 fully saturated rings. The summed E-state index contributed by atoms with van der Waals surface area (Å²) in [6.45, 7) is 2.72. The van der Waals surface area contributed by atoms with Gasteiger partial charge in [-0.25, -0.2) is 8.78 Å². The zero-order chi connectivity index (χ0) is 15.2. The number of carboxylic acid groups (broad SMARTS) is 1. The fourth-order valence-corrected chi connectivity index (χ4v) is 4.07. The fourth-order valence-electron chi connectivity index (χ4n) is 4.07. The predicted molar refractivity (Wildman–Crippen MR) is 73.8 cm³/mol. The molecule has 2 aliphatic rings. The maximum Gasteiger partial charge on any atom is 0.311 e. The maximum atomic E-state index is 13.9. The number of nitrogens with zero attached hydrogens (tertiary/aromatic N) is 1. The van der Waals surface area contributed by atoms with E-state index in [1.54, 1.807) is 6.92 Å². The molecule has 1 saturated carbocycles. The molecule has 1 aromatic rings. The Morgan fingerprint density at radius 1 is 1.43 bits per heavy atom. The third-order valence-electron chi connectivity index (χ3n) is 5.29. The highest BCUT2D eigenvalue weighted by Gasteiger charge is 2.55. The lowest BCUT2D eigenvalue weighted by molar-refractivity contribution is -0.149. The minimum Gasteiger partial charge on any atom is -0.481 e. The lowest BCUT2D eigenvalue weighted by atomic mass is 9.81. The zero-order valence-electron chi connectivity index (χ0n) is 12.0. The van der Waals surface area contributed by atoms with Crippen molar-refractivity contribution < 1.29 is 18.7 Å². The van der Waals surface area contributed by atoms with Crippen LogP contribution in [0.25, 0.3) is 0 Å². The van der Waals surface area contributed by atoms with Gasteiger partial charge in [-0.15, -0.1) is 0 Å². The van der Waals surface area contributed by atoms with Crippen LogP contribution in [0, 0.1) is 23.0 Å².